The summed E-state index contributed by atoms with van der Waals surface area (Å²) in [5.41, 5.74) is -0.883. The van der Waals surface area contributed by atoms with E-state index < -0.39 is 24.0 Å². The number of aryl methyl sites for hydroxylation is 2. The van der Waals surface area contributed by atoms with E-state index in [1.54, 1.807) is 24.8 Å². The first kappa shape index (κ1) is 17.4. The highest BCUT2D eigenvalue weighted by Crippen LogP contribution is 2.27. The van der Waals surface area contributed by atoms with Gasteiger partial charge in [-0.1, -0.05) is 0 Å². The van der Waals surface area contributed by atoms with Crippen molar-refractivity contribution in [2.45, 2.75) is 39.4 Å². The number of carbonyl (C=O) groups excluding carboxylic acids is 1. The molecule has 8 heteroatoms. The number of rotatable bonds is 2. The van der Waals surface area contributed by atoms with Crippen LogP contribution < -0.4 is 5.56 Å². The van der Waals surface area contributed by atoms with Crippen LogP contribution in [0.5, 0.6) is 0 Å². The number of nitrogens with zero attached hydrogens (tertiary/aromatic N) is 3. The van der Waals surface area contributed by atoms with Gasteiger partial charge in [0.2, 0.25) is 11.6 Å². The van der Waals surface area contributed by atoms with Crippen molar-refractivity contribution in [1.82, 2.24) is 14.5 Å². The van der Waals surface area contributed by atoms with Crippen molar-refractivity contribution in [1.29, 1.82) is 0 Å². The van der Waals surface area contributed by atoms with Crippen molar-refractivity contribution < 1.29 is 18.0 Å². The Morgan fingerprint density at radius 2 is 1.76 bits per heavy atom. The Morgan fingerprint density at radius 3 is 2.36 bits per heavy atom. The third kappa shape index (κ3) is 3.25. The largest absolute Gasteiger partial charge is 0.438 e. The number of amides is 1. The van der Waals surface area contributed by atoms with Gasteiger partial charge in [0.25, 0.3) is 5.56 Å². The summed E-state index contributed by atoms with van der Waals surface area (Å²) in [6.45, 7) is 4.28. The predicted octanol–water partition coefficient (Wildman–Crippen LogP) is 2.65. The lowest BCUT2D eigenvalue weighted by molar-refractivity contribution is -0.142. The lowest BCUT2D eigenvalue weighted by Crippen LogP contribution is -2.37. The van der Waals surface area contributed by atoms with Crippen LogP contribution in [0.15, 0.2) is 16.9 Å². The predicted molar refractivity (Wildman–Crippen MR) is 86.3 cm³/mol. The molecule has 0 saturated carbocycles. The van der Waals surface area contributed by atoms with Gasteiger partial charge in [-0.25, -0.2) is 4.98 Å². The van der Waals surface area contributed by atoms with E-state index in [-0.39, 0.29) is 16.9 Å². The molecule has 134 valence electrons. The second kappa shape index (κ2) is 6.16. The van der Waals surface area contributed by atoms with E-state index in [0.717, 1.165) is 28.5 Å². The summed E-state index contributed by atoms with van der Waals surface area (Å²) in [7, 11) is 0. The monoisotopic (exact) mass is 353 g/mol. The fraction of sp³-hybridized carbons (Fsp3) is 0.471. The van der Waals surface area contributed by atoms with E-state index >= 15 is 0 Å². The van der Waals surface area contributed by atoms with Gasteiger partial charge in [0.15, 0.2) is 0 Å². The van der Waals surface area contributed by atoms with Gasteiger partial charge in [0.05, 0.1) is 11.0 Å². The Labute approximate surface area is 142 Å². The highest BCUT2D eigenvalue weighted by Gasteiger charge is 2.37. The maximum atomic E-state index is 13.2. The Bertz CT molecular complexity index is 897. The third-order valence-electron chi connectivity index (χ3n) is 4.58. The van der Waals surface area contributed by atoms with Gasteiger partial charge in [0.1, 0.15) is 6.54 Å². The van der Waals surface area contributed by atoms with E-state index in [9.17, 15) is 22.8 Å². The van der Waals surface area contributed by atoms with Crippen molar-refractivity contribution >= 4 is 16.9 Å². The molecule has 0 N–H and O–H groups in total. The van der Waals surface area contributed by atoms with Crippen molar-refractivity contribution in [3.8, 4) is 0 Å². The average molecular weight is 353 g/mol. The SMILES string of the molecule is Cc1cc2nc(C(F)(F)F)c(=O)n(CC(=O)N3CCCC3)c2cc1C. The van der Waals surface area contributed by atoms with Gasteiger partial charge in [-0.3, -0.25) is 14.2 Å². The molecule has 0 unspecified atom stereocenters. The topological polar surface area (TPSA) is 55.2 Å². The first-order chi connectivity index (χ1) is 11.7. The summed E-state index contributed by atoms with van der Waals surface area (Å²) in [5, 5.41) is 0. The van der Waals surface area contributed by atoms with Gasteiger partial charge >= 0.3 is 6.18 Å². The van der Waals surface area contributed by atoms with Crippen LogP contribution in [-0.4, -0.2) is 33.4 Å². The van der Waals surface area contributed by atoms with Gasteiger partial charge in [0, 0.05) is 13.1 Å². The number of fused-ring (bicyclic) bond motifs is 1. The molecule has 0 atom stereocenters. The van der Waals surface area contributed by atoms with Crippen molar-refractivity contribution in [2.75, 3.05) is 13.1 Å². The molecule has 1 aliphatic heterocycles. The average Bonchev–Trinajstić information content (AvgIpc) is 3.05. The Balaban J connectivity index is 2.19. The smallest absolute Gasteiger partial charge is 0.341 e. The van der Waals surface area contributed by atoms with E-state index in [4.69, 9.17) is 0 Å². The maximum absolute atomic E-state index is 13.2. The van der Waals surface area contributed by atoms with Crippen LogP contribution in [0, 0.1) is 13.8 Å². The van der Waals surface area contributed by atoms with Gasteiger partial charge in [-0.05, 0) is 49.9 Å². The van der Waals surface area contributed by atoms with Crippen molar-refractivity contribution in [2.24, 2.45) is 0 Å². The van der Waals surface area contributed by atoms with Crippen molar-refractivity contribution in [3.63, 3.8) is 0 Å². The number of aromatic nitrogens is 2. The number of carbonyl (C=O) groups is 1. The van der Waals surface area contributed by atoms with Crippen LogP contribution in [0.4, 0.5) is 13.2 Å². The summed E-state index contributed by atoms with van der Waals surface area (Å²) in [6, 6.07) is 3.12. The zero-order valence-corrected chi connectivity index (χ0v) is 14.0. The zero-order chi connectivity index (χ0) is 18.4. The molecule has 2 heterocycles. The molecule has 1 fully saturated rings. The molecular weight excluding hydrogens is 335 g/mol. The minimum atomic E-state index is -4.87. The molecule has 0 aliphatic carbocycles. The van der Waals surface area contributed by atoms with Crippen molar-refractivity contribution in [3.05, 3.63) is 39.3 Å². The highest BCUT2D eigenvalue weighted by atomic mass is 19.4. The molecule has 1 saturated heterocycles. The number of halogens is 3. The summed E-state index contributed by atoms with van der Waals surface area (Å²) >= 11 is 0. The number of alkyl halides is 3. The molecule has 1 aliphatic rings. The third-order valence-corrected chi connectivity index (χ3v) is 4.58. The second-order valence-corrected chi connectivity index (χ2v) is 6.36. The zero-order valence-electron chi connectivity index (χ0n) is 14.0. The molecule has 1 aromatic heterocycles. The lowest BCUT2D eigenvalue weighted by Gasteiger charge is -2.18. The van der Waals surface area contributed by atoms with Crippen LogP contribution in [0.25, 0.3) is 11.0 Å². The standard InChI is InChI=1S/C17H18F3N3O2/c1-10-7-12-13(8-11(10)2)23(9-14(24)22-5-3-4-6-22)16(25)15(21-12)17(18,19)20/h7-8H,3-6,9H2,1-2H3. The molecule has 25 heavy (non-hydrogen) atoms. The maximum Gasteiger partial charge on any atom is 0.438 e. The first-order valence-corrected chi connectivity index (χ1v) is 8.05. The van der Waals surface area contributed by atoms with Crippen LogP contribution in [0.3, 0.4) is 0 Å². The second-order valence-electron chi connectivity index (χ2n) is 6.36. The molecule has 2 aromatic rings. The molecule has 0 bridgehead atoms. The molecular formula is C17H18F3N3O2. The summed E-state index contributed by atoms with van der Waals surface area (Å²) in [6.07, 6.45) is -3.14. The normalized spacial score (nSPS) is 15.2. The Hall–Kier alpha value is -2.38. The minimum absolute atomic E-state index is 0.0595. The molecule has 3 rings (SSSR count). The molecule has 0 radical (unpaired) electrons. The molecule has 1 aromatic carbocycles. The first-order valence-electron chi connectivity index (χ1n) is 8.05. The van der Waals surface area contributed by atoms with Gasteiger partial charge < -0.3 is 4.90 Å². The summed E-state index contributed by atoms with van der Waals surface area (Å²) in [4.78, 5) is 29.9. The number of hydrogen-bond acceptors (Lipinski definition) is 3. The number of likely N-dealkylation sites (tertiary alicyclic amines) is 1. The molecule has 0 spiro atoms. The van der Waals surface area contributed by atoms with Crippen LogP contribution in [0.2, 0.25) is 0 Å². The molecule has 5 nitrogen and oxygen atoms in total. The van der Waals surface area contributed by atoms with Gasteiger partial charge in [-0.2, -0.15) is 13.2 Å². The van der Waals surface area contributed by atoms with Crippen LogP contribution in [0.1, 0.15) is 29.7 Å². The van der Waals surface area contributed by atoms with E-state index in [1.165, 1.54) is 6.07 Å². The van der Waals surface area contributed by atoms with E-state index in [1.807, 2.05) is 0 Å². The van der Waals surface area contributed by atoms with E-state index in [0.29, 0.717) is 13.1 Å². The summed E-state index contributed by atoms with van der Waals surface area (Å²) < 4.78 is 40.5. The number of hydrogen-bond donors (Lipinski definition) is 0. The fourth-order valence-corrected chi connectivity index (χ4v) is 3.04. The van der Waals surface area contributed by atoms with Crippen LogP contribution >= 0.6 is 0 Å². The van der Waals surface area contributed by atoms with Crippen LogP contribution in [-0.2, 0) is 17.5 Å². The fourth-order valence-electron chi connectivity index (χ4n) is 3.04. The molecule has 1 amide bonds. The minimum Gasteiger partial charge on any atom is -0.341 e. The van der Waals surface area contributed by atoms with E-state index in [2.05, 4.69) is 4.98 Å². The summed E-state index contributed by atoms with van der Waals surface area (Å²) in [5.74, 6) is -0.349. The Kier molecular flexibility index (Phi) is 4.30. The Morgan fingerprint density at radius 1 is 1.16 bits per heavy atom. The highest BCUT2D eigenvalue weighted by molar-refractivity contribution is 5.81. The lowest BCUT2D eigenvalue weighted by atomic mass is 10.1. The number of benzene rings is 1. The quantitative estimate of drug-likeness (QED) is 0.834. The van der Waals surface area contributed by atoms with Gasteiger partial charge in [-0.15, -0.1) is 0 Å².